The fraction of sp³-hybridized carbons (Fsp3) is 0.118. The molecule has 0 aliphatic carbocycles. The maximum absolute atomic E-state index is 8.10. The number of hydrogen-bond donors (Lipinski definition) is 0. The SMILES string of the molecule is C[Si](C)O[Si](C)(C)O[Si](O[Si](c1ccccc1)(c1ccccc1)c1ccccc1)(c1ccccc1)c1ccccc1. The Kier molecular flexibility index (Phi) is 9.15. The van der Waals surface area contributed by atoms with Gasteiger partial charge in [-0.2, -0.15) is 0 Å². The van der Waals surface area contributed by atoms with Crippen molar-refractivity contribution in [2.75, 3.05) is 0 Å². The van der Waals surface area contributed by atoms with Gasteiger partial charge in [-0.05, 0) is 52.1 Å². The molecule has 3 nitrogen and oxygen atoms in total. The molecule has 0 spiro atoms. The minimum atomic E-state index is -3.42. The highest BCUT2D eigenvalue weighted by Gasteiger charge is 2.56. The number of hydrogen-bond acceptors (Lipinski definition) is 3. The molecule has 207 valence electrons. The van der Waals surface area contributed by atoms with Crippen LogP contribution in [-0.4, -0.2) is 34.5 Å². The molecule has 0 aliphatic heterocycles. The fourth-order valence-corrected chi connectivity index (χ4v) is 22.9. The molecule has 41 heavy (non-hydrogen) atoms. The molecule has 0 N–H and O–H groups in total. The average molecular weight is 606 g/mol. The van der Waals surface area contributed by atoms with Crippen LogP contribution < -0.4 is 25.9 Å². The third-order valence-corrected chi connectivity index (χ3v) is 21.7. The summed E-state index contributed by atoms with van der Waals surface area (Å²) in [5.41, 5.74) is 0. The second kappa shape index (κ2) is 12.8. The molecule has 0 unspecified atom stereocenters. The van der Waals surface area contributed by atoms with E-state index in [1.54, 1.807) is 0 Å². The summed E-state index contributed by atoms with van der Waals surface area (Å²) in [5.74, 6) is 0. The summed E-state index contributed by atoms with van der Waals surface area (Å²) in [4.78, 5) is 0. The van der Waals surface area contributed by atoms with Crippen LogP contribution in [0.5, 0.6) is 0 Å². The van der Waals surface area contributed by atoms with E-state index in [9.17, 15) is 0 Å². The zero-order valence-electron chi connectivity index (χ0n) is 24.2. The highest BCUT2D eigenvalue weighted by Crippen LogP contribution is 2.24. The predicted molar refractivity (Wildman–Crippen MR) is 180 cm³/mol. The first-order valence-electron chi connectivity index (χ1n) is 14.0. The van der Waals surface area contributed by atoms with Crippen LogP contribution in [-0.2, 0) is 12.3 Å². The fourth-order valence-electron chi connectivity index (χ4n) is 5.51. The van der Waals surface area contributed by atoms with Gasteiger partial charge >= 0.3 is 17.1 Å². The molecular weight excluding hydrogens is 569 g/mol. The van der Waals surface area contributed by atoms with E-state index in [1.165, 1.54) is 15.6 Å². The Labute approximate surface area is 249 Å². The van der Waals surface area contributed by atoms with Gasteiger partial charge in [-0.25, -0.2) is 0 Å². The first kappa shape index (κ1) is 29.3. The molecule has 0 heterocycles. The summed E-state index contributed by atoms with van der Waals surface area (Å²) >= 11 is 0. The van der Waals surface area contributed by atoms with Gasteiger partial charge < -0.3 is 12.3 Å². The summed E-state index contributed by atoms with van der Waals surface area (Å²) in [6.45, 7) is 8.68. The second-order valence-corrected chi connectivity index (χ2v) is 23.3. The second-order valence-electron chi connectivity index (χ2n) is 10.7. The van der Waals surface area contributed by atoms with E-state index < -0.39 is 34.5 Å². The molecule has 0 fully saturated rings. The predicted octanol–water partition coefficient (Wildman–Crippen LogP) is 4.91. The van der Waals surface area contributed by atoms with Gasteiger partial charge in [0.2, 0.25) is 0 Å². The van der Waals surface area contributed by atoms with Crippen molar-refractivity contribution in [3.8, 4) is 0 Å². The van der Waals surface area contributed by atoms with Crippen molar-refractivity contribution in [1.29, 1.82) is 0 Å². The maximum Gasteiger partial charge on any atom is 0.388 e. The van der Waals surface area contributed by atoms with Gasteiger partial charge in [0, 0.05) is 0 Å². The molecule has 5 aromatic carbocycles. The zero-order valence-corrected chi connectivity index (χ0v) is 28.2. The lowest BCUT2D eigenvalue weighted by atomic mass is 10.3. The molecule has 5 rings (SSSR count). The van der Waals surface area contributed by atoms with E-state index in [0.29, 0.717) is 0 Å². The number of rotatable bonds is 11. The minimum Gasteiger partial charge on any atom is -0.436 e. The quantitative estimate of drug-likeness (QED) is 0.158. The van der Waals surface area contributed by atoms with Crippen LogP contribution in [0.4, 0.5) is 0 Å². The van der Waals surface area contributed by atoms with E-state index in [2.05, 4.69) is 178 Å². The Morgan fingerprint density at radius 3 is 1.00 bits per heavy atom. The van der Waals surface area contributed by atoms with Crippen molar-refractivity contribution >= 4 is 60.4 Å². The third kappa shape index (κ3) is 6.36. The summed E-state index contributed by atoms with van der Waals surface area (Å²) < 4.78 is 22.3. The van der Waals surface area contributed by atoms with Crippen molar-refractivity contribution in [3.05, 3.63) is 152 Å². The Balaban J connectivity index is 1.88. The molecule has 1 radical (unpaired) electrons. The van der Waals surface area contributed by atoms with Crippen LogP contribution >= 0.6 is 0 Å². The minimum absolute atomic E-state index is 1.01. The monoisotopic (exact) mass is 605 g/mol. The third-order valence-electron chi connectivity index (χ3n) is 6.98. The van der Waals surface area contributed by atoms with Crippen molar-refractivity contribution in [1.82, 2.24) is 0 Å². The van der Waals surface area contributed by atoms with Gasteiger partial charge in [-0.3, -0.25) is 0 Å². The molecule has 0 saturated carbocycles. The van der Waals surface area contributed by atoms with Gasteiger partial charge in [0.15, 0.2) is 9.04 Å². The summed E-state index contributed by atoms with van der Waals surface area (Å²) in [6.07, 6.45) is 0. The van der Waals surface area contributed by atoms with Gasteiger partial charge in [0.05, 0.1) is 0 Å². The summed E-state index contributed by atoms with van der Waals surface area (Å²) in [6, 6.07) is 53.4. The Morgan fingerprint density at radius 1 is 0.415 bits per heavy atom. The van der Waals surface area contributed by atoms with E-state index in [4.69, 9.17) is 12.3 Å². The topological polar surface area (TPSA) is 27.7 Å². The average Bonchev–Trinajstić information content (AvgIpc) is 3.01. The molecule has 0 bridgehead atoms. The molecule has 7 heteroatoms. The largest absolute Gasteiger partial charge is 0.436 e. The van der Waals surface area contributed by atoms with Crippen LogP contribution in [0.1, 0.15) is 0 Å². The molecule has 0 saturated heterocycles. The maximum atomic E-state index is 8.10. The molecule has 5 aromatic rings. The van der Waals surface area contributed by atoms with Gasteiger partial charge in [0.25, 0.3) is 8.32 Å². The molecule has 0 amide bonds. The van der Waals surface area contributed by atoms with Crippen LogP contribution in [0.25, 0.3) is 0 Å². The van der Waals surface area contributed by atoms with Crippen LogP contribution in [0, 0.1) is 0 Å². The standard InChI is InChI=1S/C34H37O3Si4/c1-38(2)35-39(3,4)36-41(33-26-16-8-17-27-33,34-28-18-9-19-29-34)37-40(30-20-10-5-11-21-30,31-22-12-6-13-23-31)32-24-14-7-15-25-32/h5-29H,1-4H3. The first-order valence-corrected chi connectivity index (χ1v) is 23.0. The van der Waals surface area contributed by atoms with Gasteiger partial charge in [-0.1, -0.05) is 152 Å². The lowest BCUT2D eigenvalue weighted by molar-refractivity contribution is 0.351. The van der Waals surface area contributed by atoms with E-state index >= 15 is 0 Å². The van der Waals surface area contributed by atoms with Crippen LogP contribution in [0.15, 0.2) is 152 Å². The zero-order chi connectivity index (χ0) is 28.8. The first-order chi connectivity index (χ1) is 19.9. The van der Waals surface area contributed by atoms with Gasteiger partial charge in [-0.15, -0.1) is 0 Å². The van der Waals surface area contributed by atoms with E-state index in [1.807, 2.05) is 0 Å². The van der Waals surface area contributed by atoms with Crippen molar-refractivity contribution in [3.63, 3.8) is 0 Å². The molecule has 0 atom stereocenters. The Morgan fingerprint density at radius 2 is 0.707 bits per heavy atom. The molecular formula is C34H37O3Si4. The molecule has 0 aliphatic rings. The Bertz CT molecular complexity index is 1360. The van der Waals surface area contributed by atoms with Gasteiger partial charge in [0.1, 0.15) is 0 Å². The lowest BCUT2D eigenvalue weighted by Gasteiger charge is -2.45. The Hall–Kier alpha value is -3.15. The lowest BCUT2D eigenvalue weighted by Crippen LogP contribution is -2.79. The van der Waals surface area contributed by atoms with Crippen LogP contribution in [0.2, 0.25) is 26.2 Å². The van der Waals surface area contributed by atoms with Crippen molar-refractivity contribution < 1.29 is 12.3 Å². The van der Waals surface area contributed by atoms with E-state index in [-0.39, 0.29) is 0 Å². The smallest absolute Gasteiger partial charge is 0.388 e. The number of benzene rings is 5. The summed E-state index contributed by atoms with van der Waals surface area (Å²) in [5, 5.41) is 5.70. The highest BCUT2D eigenvalue weighted by atomic mass is 28.5. The molecule has 0 aromatic heterocycles. The summed E-state index contributed by atoms with van der Waals surface area (Å²) in [7, 11) is -10.2. The van der Waals surface area contributed by atoms with E-state index in [0.717, 1.165) is 10.4 Å². The van der Waals surface area contributed by atoms with Crippen molar-refractivity contribution in [2.45, 2.75) is 26.2 Å². The highest BCUT2D eigenvalue weighted by molar-refractivity contribution is 7.14. The van der Waals surface area contributed by atoms with Crippen LogP contribution in [0.3, 0.4) is 0 Å². The normalized spacial score (nSPS) is 12.4. The van der Waals surface area contributed by atoms with Crippen molar-refractivity contribution in [2.24, 2.45) is 0 Å².